The summed E-state index contributed by atoms with van der Waals surface area (Å²) in [6, 6.07) is -7.26. The molecule has 31 heavy (non-hydrogen) atoms. The van der Waals surface area contributed by atoms with Gasteiger partial charge in [0.25, 0.3) is 0 Å². The van der Waals surface area contributed by atoms with Crippen LogP contribution in [0.15, 0.2) is 48.3 Å². The number of likely N-dealkylation sites (tertiary alicyclic amines) is 1. The number of carbonyl (C=O) groups excluding carboxylic acids is 1. The van der Waals surface area contributed by atoms with Crippen molar-refractivity contribution in [2.75, 3.05) is 26.7 Å². The van der Waals surface area contributed by atoms with E-state index in [1.165, 1.54) is 0 Å². The lowest BCUT2D eigenvalue weighted by molar-refractivity contribution is 0.127. The minimum Gasteiger partial charge on any atom is -0.493 e. The predicted octanol–water partition coefficient (Wildman–Crippen LogP) is 4.67. The molecule has 0 unspecified atom stereocenters. The smallest absolute Gasteiger partial charge is 0.318 e. The summed E-state index contributed by atoms with van der Waals surface area (Å²) >= 11 is 0. The van der Waals surface area contributed by atoms with Gasteiger partial charge in [-0.25, -0.2) is 9.18 Å². The first-order valence-corrected chi connectivity index (χ1v) is 10.2. The second-order valence-electron chi connectivity index (χ2n) is 7.92. The van der Waals surface area contributed by atoms with Crippen molar-refractivity contribution in [3.05, 3.63) is 65.3 Å². The maximum Gasteiger partial charge on any atom is 0.318 e. The largest absolute Gasteiger partial charge is 0.493 e. The van der Waals surface area contributed by atoms with E-state index in [1.807, 2.05) is 25.8 Å². The van der Waals surface area contributed by atoms with Crippen LogP contribution in [0, 0.1) is 11.7 Å². The summed E-state index contributed by atoms with van der Waals surface area (Å²) in [6.45, 7) is 1.57. The number of hydrogen-bond acceptors (Lipinski definition) is 3. The summed E-state index contributed by atoms with van der Waals surface area (Å²) in [4.78, 5) is 16.8. The number of amides is 2. The van der Waals surface area contributed by atoms with E-state index in [0.717, 1.165) is 4.90 Å². The molecular weight excluding hydrogens is 393 g/mol. The first-order chi connectivity index (χ1) is 19.0. The number of carbonyl (C=O) groups is 1. The van der Waals surface area contributed by atoms with Crippen LogP contribution in [0.4, 0.5) is 9.18 Å². The number of urea groups is 1. The highest BCUT2D eigenvalue weighted by atomic mass is 19.1. The summed E-state index contributed by atoms with van der Waals surface area (Å²) in [5.41, 5.74) is -0.945. The standard InChI is InChI=1S/C25H34FN3O2/c1-19(2)18-31-24-10-6-20(7-11-24)16-27-25(30)29(23-12-14-28(3)15-13-23)17-21-4-8-22(26)9-5-21/h4-11,19,23H,12-18H2,1-3H3,(H,27,30)/i4D,5D,6D,7D,8D,9D,10D,11D,16D2. The van der Waals surface area contributed by atoms with Crippen molar-refractivity contribution in [2.45, 2.75) is 45.8 Å². The van der Waals surface area contributed by atoms with Gasteiger partial charge in [0.05, 0.1) is 20.3 Å². The molecule has 0 bridgehead atoms. The molecule has 3 rings (SSSR count). The Hall–Kier alpha value is -2.60. The van der Waals surface area contributed by atoms with E-state index < -0.39 is 84.8 Å². The zero-order valence-electron chi connectivity index (χ0n) is 28.0. The zero-order valence-corrected chi connectivity index (χ0v) is 18.0. The Kier molecular flexibility index (Phi) is 4.70. The molecule has 0 spiro atoms. The molecule has 0 aliphatic carbocycles. The fourth-order valence-electron chi connectivity index (χ4n) is 3.12. The Bertz CT molecular complexity index is 1260. The van der Waals surface area contributed by atoms with Crippen LogP contribution in [0.2, 0.25) is 0 Å². The van der Waals surface area contributed by atoms with Crippen LogP contribution in [-0.4, -0.2) is 48.6 Å². The third kappa shape index (κ3) is 7.24. The van der Waals surface area contributed by atoms with E-state index >= 15 is 0 Å². The first-order valence-electron chi connectivity index (χ1n) is 15.2. The number of benzene rings is 2. The van der Waals surface area contributed by atoms with Crippen LogP contribution < -0.4 is 10.1 Å². The second kappa shape index (κ2) is 11.1. The fourth-order valence-corrected chi connectivity index (χ4v) is 3.12. The number of ether oxygens (including phenoxy) is 1. The number of nitrogens with one attached hydrogen (secondary N) is 1. The monoisotopic (exact) mass is 437 g/mol. The van der Waals surface area contributed by atoms with Gasteiger partial charge in [0.2, 0.25) is 0 Å². The van der Waals surface area contributed by atoms with Gasteiger partial charge in [-0.05, 0) is 74.2 Å². The van der Waals surface area contributed by atoms with Gasteiger partial charge in [0.15, 0.2) is 0 Å². The van der Waals surface area contributed by atoms with Crippen LogP contribution in [0.5, 0.6) is 5.75 Å². The van der Waals surface area contributed by atoms with E-state index in [1.54, 1.807) is 0 Å². The Morgan fingerprint density at radius 2 is 1.81 bits per heavy atom. The molecule has 1 saturated heterocycles. The summed E-state index contributed by atoms with van der Waals surface area (Å²) < 4.78 is 102. The van der Waals surface area contributed by atoms with Gasteiger partial charge in [0.1, 0.15) is 11.6 Å². The number of rotatable bonds is 8. The summed E-state index contributed by atoms with van der Waals surface area (Å²) in [5, 5.41) is 2.16. The molecule has 2 aromatic rings. The highest BCUT2D eigenvalue weighted by Crippen LogP contribution is 2.19. The minimum atomic E-state index is -2.89. The maximum absolute atomic E-state index is 14.2. The van der Waals surface area contributed by atoms with Crippen LogP contribution >= 0.6 is 0 Å². The number of piperidine rings is 1. The van der Waals surface area contributed by atoms with Crippen molar-refractivity contribution in [1.82, 2.24) is 15.1 Å². The molecule has 1 fully saturated rings. The Labute approximate surface area is 199 Å². The van der Waals surface area contributed by atoms with E-state index in [0.29, 0.717) is 25.9 Å². The molecule has 1 heterocycles. The van der Waals surface area contributed by atoms with Crippen LogP contribution in [0.25, 0.3) is 0 Å². The predicted molar refractivity (Wildman–Crippen MR) is 121 cm³/mol. The summed E-state index contributed by atoms with van der Waals surface area (Å²) in [6.07, 6.45) is 0.887. The van der Waals surface area contributed by atoms with Crippen LogP contribution in [0.1, 0.15) is 51.5 Å². The molecule has 0 atom stereocenters. The fraction of sp³-hybridized carbons (Fsp3) is 0.480. The van der Waals surface area contributed by atoms with Crippen LogP contribution in [-0.2, 0) is 13.0 Å². The molecule has 2 aromatic carbocycles. The highest BCUT2D eigenvalue weighted by Gasteiger charge is 2.27. The first kappa shape index (κ1) is 13.1. The van der Waals surface area contributed by atoms with Gasteiger partial charge >= 0.3 is 6.03 Å². The van der Waals surface area contributed by atoms with Gasteiger partial charge in [-0.2, -0.15) is 0 Å². The lowest BCUT2D eigenvalue weighted by atomic mass is 10.0. The lowest BCUT2D eigenvalue weighted by Gasteiger charge is -2.37. The Morgan fingerprint density at radius 1 is 1.19 bits per heavy atom. The van der Waals surface area contributed by atoms with E-state index in [9.17, 15) is 9.18 Å². The molecule has 1 N–H and O–H groups in total. The number of hydrogen-bond donors (Lipinski definition) is 1. The normalized spacial score (nSPS) is 20.2. The number of nitrogens with zero attached hydrogens (tertiary/aromatic N) is 2. The molecule has 168 valence electrons. The summed E-state index contributed by atoms with van der Waals surface area (Å²) in [5.74, 6) is -1.62. The highest BCUT2D eigenvalue weighted by molar-refractivity contribution is 5.74. The molecule has 2 amide bonds. The molecule has 6 heteroatoms. The van der Waals surface area contributed by atoms with Crippen molar-refractivity contribution in [2.24, 2.45) is 5.92 Å². The minimum absolute atomic E-state index is 0.0278. The average molecular weight is 438 g/mol. The Morgan fingerprint density at radius 3 is 2.42 bits per heavy atom. The van der Waals surface area contributed by atoms with Gasteiger partial charge in [-0.1, -0.05) is 38.0 Å². The summed E-state index contributed by atoms with van der Waals surface area (Å²) in [7, 11) is 1.89. The van der Waals surface area contributed by atoms with Crippen molar-refractivity contribution in [1.29, 1.82) is 0 Å². The number of halogens is 1. The zero-order chi connectivity index (χ0) is 31.0. The topological polar surface area (TPSA) is 44.8 Å². The Balaban J connectivity index is 2.02. The molecule has 1 aliphatic rings. The van der Waals surface area contributed by atoms with Crippen molar-refractivity contribution in [3.63, 3.8) is 0 Å². The third-order valence-electron chi connectivity index (χ3n) is 4.82. The van der Waals surface area contributed by atoms with Crippen molar-refractivity contribution >= 4 is 6.03 Å². The van der Waals surface area contributed by atoms with Crippen LogP contribution in [0.3, 0.4) is 0 Å². The van der Waals surface area contributed by atoms with E-state index in [4.69, 9.17) is 18.4 Å². The van der Waals surface area contributed by atoms with Gasteiger partial charge in [-0.3, -0.25) is 0 Å². The molecule has 0 radical (unpaired) electrons. The molecule has 5 nitrogen and oxygen atoms in total. The molecular formula is C25H34FN3O2. The quantitative estimate of drug-likeness (QED) is 0.653. The SMILES string of the molecule is [2H]c1c([2H])c(CN(C(=O)NC([2H])([2H])c2c([2H])c([2H])c(OCC(C)C)c([2H])c2[2H])C2CCN(C)CC2)c([2H])c([2H])c1F. The van der Waals surface area contributed by atoms with Gasteiger partial charge < -0.3 is 19.9 Å². The van der Waals surface area contributed by atoms with Crippen molar-refractivity contribution in [3.8, 4) is 5.75 Å². The second-order valence-corrected chi connectivity index (χ2v) is 7.92. The third-order valence-corrected chi connectivity index (χ3v) is 4.82. The lowest BCUT2D eigenvalue weighted by Crippen LogP contribution is -2.49. The van der Waals surface area contributed by atoms with Gasteiger partial charge in [0, 0.05) is 19.1 Å². The van der Waals surface area contributed by atoms with Gasteiger partial charge in [-0.15, -0.1) is 0 Å². The molecule has 0 saturated carbocycles. The van der Waals surface area contributed by atoms with Crippen molar-refractivity contribution < 1.29 is 27.6 Å². The maximum atomic E-state index is 14.2. The average Bonchev–Trinajstić information content (AvgIpc) is 2.90. The molecule has 1 aliphatic heterocycles. The molecule has 0 aromatic heterocycles. The van der Waals surface area contributed by atoms with E-state index in [2.05, 4.69) is 5.32 Å². The van der Waals surface area contributed by atoms with E-state index in [-0.39, 0.29) is 23.8 Å².